The zero-order chi connectivity index (χ0) is 33.8. The van der Waals surface area contributed by atoms with E-state index in [0.29, 0.717) is 12.8 Å². The van der Waals surface area contributed by atoms with Crippen molar-refractivity contribution in [1.82, 2.24) is 0 Å². The van der Waals surface area contributed by atoms with Gasteiger partial charge in [-0.25, -0.2) is 0 Å². The normalized spacial score (nSPS) is 23.0. The van der Waals surface area contributed by atoms with Crippen molar-refractivity contribution in [3.05, 3.63) is 0 Å². The fourth-order valence-corrected chi connectivity index (χ4v) is 6.58. The number of hydrogen-bond acceptors (Lipinski definition) is 8. The van der Waals surface area contributed by atoms with Gasteiger partial charge in [0.05, 0.1) is 12.0 Å². The average Bonchev–Trinajstić information content (AvgIpc) is 3.05. The Morgan fingerprint density at radius 1 is 0.543 bits per heavy atom. The van der Waals surface area contributed by atoms with Crippen LogP contribution >= 0.6 is 0 Å². The van der Waals surface area contributed by atoms with Crippen LogP contribution in [0, 0.1) is 5.92 Å². The quantitative estimate of drug-likeness (QED) is 0.0375. The molecule has 1 aliphatic heterocycles. The van der Waals surface area contributed by atoms with E-state index < -0.39 is 48.7 Å². The maximum Gasteiger partial charge on any atom is 0.311 e. The summed E-state index contributed by atoms with van der Waals surface area (Å²) in [5, 5.41) is 50.7. The standard InChI is InChI=1S/C38H74O8/c1-3-5-7-9-11-13-15-17-19-21-23-25-27-29-32(39)31(28-26-24-22-20-18-16-14-12-10-8-6-4-2)37(43)45-30-33-34(40)35(41)36(42)38(44)46-33/h31-36,38-42,44H,3-30H2,1-2H3/t31-,32-,33?,34-,35+,36?,38+/m1/s1. The van der Waals surface area contributed by atoms with Crippen molar-refractivity contribution < 1.29 is 39.8 Å². The van der Waals surface area contributed by atoms with E-state index in [4.69, 9.17) is 9.47 Å². The van der Waals surface area contributed by atoms with E-state index in [1.54, 1.807) is 0 Å². The van der Waals surface area contributed by atoms with Gasteiger partial charge in [0.15, 0.2) is 6.29 Å². The molecule has 1 fully saturated rings. The predicted octanol–water partition coefficient (Wildman–Crippen LogP) is 7.88. The first-order valence-corrected chi connectivity index (χ1v) is 19.6. The summed E-state index contributed by atoms with van der Waals surface area (Å²) in [6.07, 6.45) is 23.6. The summed E-state index contributed by atoms with van der Waals surface area (Å²) in [6, 6.07) is 0. The Hall–Kier alpha value is -0.770. The van der Waals surface area contributed by atoms with Crippen LogP contribution in [0.25, 0.3) is 0 Å². The molecule has 0 amide bonds. The number of carbonyl (C=O) groups is 1. The summed E-state index contributed by atoms with van der Waals surface area (Å²) in [4.78, 5) is 13.1. The van der Waals surface area contributed by atoms with Crippen molar-refractivity contribution in [3.63, 3.8) is 0 Å². The molecule has 274 valence electrons. The van der Waals surface area contributed by atoms with E-state index in [1.165, 1.54) is 122 Å². The Morgan fingerprint density at radius 3 is 1.33 bits per heavy atom. The van der Waals surface area contributed by atoms with E-state index in [2.05, 4.69) is 13.8 Å². The molecule has 1 rings (SSSR count). The van der Waals surface area contributed by atoms with Gasteiger partial charge in [-0.05, 0) is 12.8 Å². The predicted molar refractivity (Wildman–Crippen MR) is 185 cm³/mol. The molecule has 0 aromatic rings. The number of aliphatic hydroxyl groups excluding tert-OH is 5. The minimum atomic E-state index is -1.68. The third-order valence-electron chi connectivity index (χ3n) is 9.82. The summed E-state index contributed by atoms with van der Waals surface area (Å²) in [6.45, 7) is 4.12. The minimum absolute atomic E-state index is 0.374. The van der Waals surface area contributed by atoms with E-state index >= 15 is 0 Å². The van der Waals surface area contributed by atoms with Crippen LogP contribution in [0.2, 0.25) is 0 Å². The van der Waals surface area contributed by atoms with Crippen LogP contribution in [0.4, 0.5) is 0 Å². The second kappa shape index (κ2) is 29.2. The highest BCUT2D eigenvalue weighted by Crippen LogP contribution is 2.24. The van der Waals surface area contributed by atoms with E-state index in [-0.39, 0.29) is 6.61 Å². The Bertz CT molecular complexity index is 692. The van der Waals surface area contributed by atoms with Crippen LogP contribution in [-0.4, -0.2) is 74.9 Å². The van der Waals surface area contributed by atoms with Crippen LogP contribution < -0.4 is 0 Å². The summed E-state index contributed by atoms with van der Waals surface area (Å²) >= 11 is 0. The van der Waals surface area contributed by atoms with Gasteiger partial charge < -0.3 is 35.0 Å². The fourth-order valence-electron chi connectivity index (χ4n) is 6.58. The molecule has 0 saturated carbocycles. The first-order chi connectivity index (χ1) is 22.3. The molecule has 0 spiro atoms. The molecule has 1 heterocycles. The van der Waals surface area contributed by atoms with Gasteiger partial charge >= 0.3 is 5.97 Å². The molecule has 1 saturated heterocycles. The maximum absolute atomic E-state index is 13.1. The average molecular weight is 659 g/mol. The largest absolute Gasteiger partial charge is 0.463 e. The summed E-state index contributed by atoms with van der Waals surface area (Å²) in [5.74, 6) is -1.21. The zero-order valence-electron chi connectivity index (χ0n) is 29.8. The fraction of sp³-hybridized carbons (Fsp3) is 0.974. The lowest BCUT2D eigenvalue weighted by atomic mass is 9.91. The zero-order valence-corrected chi connectivity index (χ0v) is 29.8. The molecule has 0 radical (unpaired) electrons. The van der Waals surface area contributed by atoms with E-state index in [1.807, 2.05) is 0 Å². The van der Waals surface area contributed by atoms with Gasteiger partial charge in [-0.3, -0.25) is 4.79 Å². The summed E-state index contributed by atoms with van der Waals surface area (Å²) in [7, 11) is 0. The number of unbranched alkanes of at least 4 members (excludes halogenated alkanes) is 23. The first-order valence-electron chi connectivity index (χ1n) is 19.6. The number of rotatable bonds is 31. The monoisotopic (exact) mass is 659 g/mol. The van der Waals surface area contributed by atoms with Gasteiger partial charge in [-0.2, -0.15) is 0 Å². The molecular formula is C38H74O8. The highest BCUT2D eigenvalue weighted by atomic mass is 16.6. The molecule has 5 N–H and O–H groups in total. The lowest BCUT2D eigenvalue weighted by molar-refractivity contribution is -0.287. The smallest absolute Gasteiger partial charge is 0.311 e. The Labute approximate surface area is 282 Å². The molecule has 8 nitrogen and oxygen atoms in total. The summed E-state index contributed by atoms with van der Waals surface area (Å²) < 4.78 is 10.6. The van der Waals surface area contributed by atoms with Crippen LogP contribution in [0.15, 0.2) is 0 Å². The van der Waals surface area contributed by atoms with Crippen LogP contribution in [0.1, 0.15) is 187 Å². The number of esters is 1. The molecular weight excluding hydrogens is 584 g/mol. The Kier molecular flexibility index (Phi) is 27.4. The topological polar surface area (TPSA) is 137 Å². The van der Waals surface area contributed by atoms with Gasteiger partial charge in [0.2, 0.25) is 0 Å². The van der Waals surface area contributed by atoms with E-state index in [0.717, 1.165) is 38.5 Å². The van der Waals surface area contributed by atoms with Gasteiger partial charge in [-0.15, -0.1) is 0 Å². The number of aliphatic hydroxyl groups is 5. The van der Waals surface area contributed by atoms with Crippen molar-refractivity contribution >= 4 is 5.97 Å². The van der Waals surface area contributed by atoms with Gasteiger partial charge in [0.25, 0.3) is 0 Å². The van der Waals surface area contributed by atoms with Crippen molar-refractivity contribution in [2.75, 3.05) is 6.61 Å². The second-order valence-electron chi connectivity index (χ2n) is 14.0. The Balaban J connectivity index is 2.38. The number of ether oxygens (including phenoxy) is 2. The molecule has 46 heavy (non-hydrogen) atoms. The first kappa shape index (κ1) is 43.3. The molecule has 0 aliphatic carbocycles. The number of hydrogen-bond donors (Lipinski definition) is 5. The highest BCUT2D eigenvalue weighted by molar-refractivity contribution is 5.73. The minimum Gasteiger partial charge on any atom is -0.463 e. The van der Waals surface area contributed by atoms with Crippen LogP contribution in [-0.2, 0) is 14.3 Å². The third-order valence-corrected chi connectivity index (χ3v) is 9.82. The van der Waals surface area contributed by atoms with Crippen LogP contribution in [0.3, 0.4) is 0 Å². The molecule has 2 unspecified atom stereocenters. The van der Waals surface area contributed by atoms with Crippen molar-refractivity contribution in [1.29, 1.82) is 0 Å². The van der Waals surface area contributed by atoms with Gasteiger partial charge in [0, 0.05) is 0 Å². The Morgan fingerprint density at radius 2 is 0.913 bits per heavy atom. The van der Waals surface area contributed by atoms with E-state index in [9.17, 15) is 30.3 Å². The van der Waals surface area contributed by atoms with Crippen LogP contribution in [0.5, 0.6) is 0 Å². The van der Waals surface area contributed by atoms with Gasteiger partial charge in [-0.1, -0.05) is 174 Å². The van der Waals surface area contributed by atoms with Crippen molar-refractivity contribution in [2.24, 2.45) is 5.92 Å². The lowest BCUT2D eigenvalue weighted by Crippen LogP contribution is -2.58. The maximum atomic E-state index is 13.1. The van der Waals surface area contributed by atoms with Crippen molar-refractivity contribution in [2.45, 2.75) is 224 Å². The molecule has 8 heteroatoms. The van der Waals surface area contributed by atoms with Crippen molar-refractivity contribution in [3.8, 4) is 0 Å². The highest BCUT2D eigenvalue weighted by Gasteiger charge is 2.43. The second-order valence-corrected chi connectivity index (χ2v) is 14.0. The molecule has 1 aliphatic rings. The molecule has 0 bridgehead atoms. The molecule has 0 aromatic carbocycles. The summed E-state index contributed by atoms with van der Waals surface area (Å²) in [5.41, 5.74) is 0. The lowest BCUT2D eigenvalue weighted by Gasteiger charge is -2.38. The molecule has 7 atom stereocenters. The molecule has 0 aromatic heterocycles. The SMILES string of the molecule is CCCCCCCCCCCCCCC[C@@H](O)[C@@H](CCCCCCCCCCCCCC)C(=O)OCC1O[C@H](O)C(O)[C@@H](O)[C@@H]1O. The number of carbonyl (C=O) groups excluding carboxylic acids is 1. The third kappa shape index (κ3) is 20.6. The van der Waals surface area contributed by atoms with Gasteiger partial charge in [0.1, 0.15) is 31.0 Å².